The number of nitrogens with zero attached hydrogens (tertiary/aromatic N) is 2. The van der Waals surface area contributed by atoms with Gasteiger partial charge in [0.2, 0.25) is 0 Å². The molecule has 0 aliphatic heterocycles. The normalized spacial score (nSPS) is 12.1. The summed E-state index contributed by atoms with van der Waals surface area (Å²) < 4.78 is 43.2. The summed E-state index contributed by atoms with van der Waals surface area (Å²) in [5, 5.41) is 1.97. The molecule has 0 unspecified atom stereocenters. The fraction of sp³-hybridized carbons (Fsp3) is 0.120. The monoisotopic (exact) mass is 498 g/mol. The molecule has 4 rings (SSSR count). The molecule has 0 saturated heterocycles. The second-order valence-electron chi connectivity index (χ2n) is 7.52. The summed E-state index contributed by atoms with van der Waals surface area (Å²) in [6, 6.07) is 18.8. The Morgan fingerprint density at radius 2 is 1.76 bits per heavy atom. The van der Waals surface area contributed by atoms with Crippen molar-refractivity contribution in [1.29, 1.82) is 0 Å². The maximum atomic E-state index is 13.1. The number of hydrogen-bond donors (Lipinski definition) is 2. The first kappa shape index (κ1) is 23.8. The average molecular weight is 499 g/mol. The molecule has 3 N–H and O–H groups in total. The Labute approximate surface area is 203 Å². The van der Waals surface area contributed by atoms with Crippen molar-refractivity contribution in [2.24, 2.45) is 10.7 Å². The lowest BCUT2D eigenvalue weighted by Gasteiger charge is -2.13. The Morgan fingerprint density at radius 1 is 1.06 bits per heavy atom. The third-order valence-corrected chi connectivity index (χ3v) is 6.82. The highest BCUT2D eigenvalue weighted by atomic mass is 32.2. The third-order valence-electron chi connectivity index (χ3n) is 4.98. The molecule has 34 heavy (non-hydrogen) atoms. The number of pyridine rings is 1. The molecule has 174 valence electrons. The van der Waals surface area contributed by atoms with E-state index in [1.54, 1.807) is 17.5 Å². The summed E-state index contributed by atoms with van der Waals surface area (Å²) in [6.07, 6.45) is -2.68. The number of hydrogen-bond acceptors (Lipinski definition) is 4. The number of aryl methyl sites for hydroxylation is 1. The van der Waals surface area contributed by atoms with Crippen LogP contribution >= 0.6 is 23.3 Å². The summed E-state index contributed by atoms with van der Waals surface area (Å²) >= 11 is 2.97. The summed E-state index contributed by atoms with van der Waals surface area (Å²) in [4.78, 5) is 9.00. The van der Waals surface area contributed by atoms with Gasteiger partial charge in [0.05, 0.1) is 22.0 Å². The number of nitrogens with one attached hydrogen (secondary N) is 1. The maximum absolute atomic E-state index is 13.1. The van der Waals surface area contributed by atoms with Gasteiger partial charge in [0, 0.05) is 17.3 Å². The van der Waals surface area contributed by atoms with E-state index in [1.807, 2.05) is 54.8 Å². The number of nitrogens with two attached hydrogens (primary N) is 1. The average Bonchev–Trinajstić information content (AvgIpc) is 3.35. The number of thiophene rings is 1. The molecule has 9 heteroatoms. The highest BCUT2D eigenvalue weighted by molar-refractivity contribution is 7.99. The van der Waals surface area contributed by atoms with E-state index in [0.29, 0.717) is 11.3 Å². The van der Waals surface area contributed by atoms with Crippen LogP contribution in [-0.2, 0) is 12.7 Å². The first-order valence-electron chi connectivity index (χ1n) is 10.3. The molecular weight excluding hydrogens is 477 g/mol. The van der Waals surface area contributed by atoms with Crippen molar-refractivity contribution in [3.8, 4) is 22.4 Å². The van der Waals surface area contributed by atoms with Crippen LogP contribution in [0.1, 0.15) is 16.7 Å². The zero-order valence-electron chi connectivity index (χ0n) is 18.1. The van der Waals surface area contributed by atoms with Gasteiger partial charge in [-0.2, -0.15) is 13.2 Å². The molecular formula is C25H21F3N4S2. The summed E-state index contributed by atoms with van der Waals surface area (Å²) in [5.41, 5.74) is 10.1. The van der Waals surface area contributed by atoms with Crippen molar-refractivity contribution < 1.29 is 13.2 Å². The lowest BCUT2D eigenvalue weighted by molar-refractivity contribution is -0.137. The van der Waals surface area contributed by atoms with E-state index in [0.717, 1.165) is 38.6 Å². The quantitative estimate of drug-likeness (QED) is 0.172. The largest absolute Gasteiger partial charge is 0.416 e. The van der Waals surface area contributed by atoms with Crippen LogP contribution in [0.4, 0.5) is 13.2 Å². The highest BCUT2D eigenvalue weighted by Crippen LogP contribution is 2.34. The van der Waals surface area contributed by atoms with Crippen LogP contribution in [0.25, 0.3) is 22.4 Å². The first-order chi connectivity index (χ1) is 16.3. The molecule has 0 spiro atoms. The predicted octanol–water partition coefficient (Wildman–Crippen LogP) is 6.92. The predicted molar refractivity (Wildman–Crippen MR) is 133 cm³/mol. The fourth-order valence-corrected chi connectivity index (χ4v) is 4.58. The molecule has 2 aromatic carbocycles. The van der Waals surface area contributed by atoms with Gasteiger partial charge in [-0.3, -0.25) is 9.71 Å². The molecule has 4 aromatic rings. The Hall–Kier alpha value is -3.30. The molecule has 0 saturated carbocycles. The Morgan fingerprint density at radius 3 is 2.41 bits per heavy atom. The van der Waals surface area contributed by atoms with Crippen molar-refractivity contribution >= 4 is 29.2 Å². The van der Waals surface area contributed by atoms with Crippen molar-refractivity contribution in [1.82, 2.24) is 9.71 Å². The number of alkyl halides is 3. The smallest absolute Gasteiger partial charge is 0.369 e. The van der Waals surface area contributed by atoms with Gasteiger partial charge in [0.1, 0.15) is 0 Å². The van der Waals surface area contributed by atoms with Crippen LogP contribution in [0.15, 0.2) is 87.5 Å². The molecule has 4 nitrogen and oxygen atoms in total. The van der Waals surface area contributed by atoms with Crippen molar-refractivity contribution in [3.05, 3.63) is 95.0 Å². The lowest BCUT2D eigenvalue weighted by atomic mass is 9.96. The van der Waals surface area contributed by atoms with Gasteiger partial charge in [0.25, 0.3) is 0 Å². The van der Waals surface area contributed by atoms with Gasteiger partial charge in [0.15, 0.2) is 5.96 Å². The third kappa shape index (κ3) is 5.98. The molecule has 0 fully saturated rings. The molecule has 0 atom stereocenters. The van der Waals surface area contributed by atoms with Crippen LogP contribution in [0, 0.1) is 6.92 Å². The number of guanidine groups is 1. The lowest BCUT2D eigenvalue weighted by Crippen LogP contribution is -2.25. The van der Waals surface area contributed by atoms with Crippen LogP contribution in [0.3, 0.4) is 0 Å². The van der Waals surface area contributed by atoms with E-state index in [2.05, 4.69) is 14.7 Å². The topological polar surface area (TPSA) is 63.3 Å². The van der Waals surface area contributed by atoms with Gasteiger partial charge in [-0.15, -0.1) is 11.3 Å². The molecule has 0 aliphatic carbocycles. The first-order valence-corrected chi connectivity index (χ1v) is 12.0. The van der Waals surface area contributed by atoms with E-state index >= 15 is 0 Å². The SMILES string of the molecule is Cc1ccc(-c2ncc(CN=C(N)NSc3cccs3)cc2-c2ccc(C(F)(F)F)cc2)cc1. The van der Waals surface area contributed by atoms with Gasteiger partial charge >= 0.3 is 6.18 Å². The van der Waals surface area contributed by atoms with E-state index in [4.69, 9.17) is 5.73 Å². The Kier molecular flexibility index (Phi) is 7.23. The van der Waals surface area contributed by atoms with E-state index in [9.17, 15) is 13.2 Å². The summed E-state index contributed by atoms with van der Waals surface area (Å²) in [7, 11) is 0. The van der Waals surface area contributed by atoms with E-state index in [1.165, 1.54) is 24.1 Å². The zero-order chi connectivity index (χ0) is 24.1. The van der Waals surface area contributed by atoms with Crippen LogP contribution < -0.4 is 10.5 Å². The van der Waals surface area contributed by atoms with Crippen molar-refractivity contribution in [2.75, 3.05) is 0 Å². The number of rotatable bonds is 6. The van der Waals surface area contributed by atoms with Gasteiger partial charge in [-0.05, 0) is 59.6 Å². The molecule has 0 aliphatic rings. The van der Waals surface area contributed by atoms with Crippen LogP contribution in [-0.4, -0.2) is 10.9 Å². The summed E-state index contributed by atoms with van der Waals surface area (Å²) in [6.45, 7) is 2.27. The highest BCUT2D eigenvalue weighted by Gasteiger charge is 2.30. The van der Waals surface area contributed by atoms with Gasteiger partial charge < -0.3 is 5.73 Å². The fourth-order valence-electron chi connectivity index (χ4n) is 3.23. The summed E-state index contributed by atoms with van der Waals surface area (Å²) in [5.74, 6) is 0.275. The number of aliphatic imine (C=N–C) groups is 1. The second kappa shape index (κ2) is 10.3. The van der Waals surface area contributed by atoms with Gasteiger partial charge in [-0.1, -0.05) is 48.0 Å². The Balaban J connectivity index is 1.63. The second-order valence-corrected chi connectivity index (χ2v) is 9.57. The standard InChI is InChI=1S/C25H21F3N4S2/c1-16-4-6-19(7-5-16)23-21(18-8-10-20(11-9-18)25(26,27)28)13-17(14-30-23)15-31-24(29)32-34-22-3-2-12-33-22/h2-14H,15H2,1H3,(H3,29,31,32). The maximum Gasteiger partial charge on any atom is 0.416 e. The molecule has 0 radical (unpaired) electrons. The van der Waals surface area contributed by atoms with Crippen LogP contribution in [0.2, 0.25) is 0 Å². The molecule has 0 amide bonds. The van der Waals surface area contributed by atoms with Gasteiger partial charge in [-0.25, -0.2) is 4.99 Å². The van der Waals surface area contributed by atoms with E-state index in [-0.39, 0.29) is 12.5 Å². The number of aromatic nitrogens is 1. The molecule has 2 heterocycles. The minimum absolute atomic E-state index is 0.275. The zero-order valence-corrected chi connectivity index (χ0v) is 19.8. The molecule has 2 aromatic heterocycles. The molecule has 0 bridgehead atoms. The minimum Gasteiger partial charge on any atom is -0.369 e. The van der Waals surface area contributed by atoms with Crippen molar-refractivity contribution in [2.45, 2.75) is 23.9 Å². The Bertz CT molecular complexity index is 1270. The van der Waals surface area contributed by atoms with E-state index < -0.39 is 11.7 Å². The number of benzene rings is 2. The van der Waals surface area contributed by atoms with Crippen LogP contribution in [0.5, 0.6) is 0 Å². The minimum atomic E-state index is -4.39. The van der Waals surface area contributed by atoms with Crippen molar-refractivity contribution in [3.63, 3.8) is 0 Å². The number of halogens is 3.